The quantitative estimate of drug-likeness (QED) is 0.932. The number of hydrogen-bond acceptors (Lipinski definition) is 2. The number of nitrogens with zero attached hydrogens (tertiary/aromatic N) is 1. The lowest BCUT2D eigenvalue weighted by molar-refractivity contribution is -0.129. The van der Waals surface area contributed by atoms with Gasteiger partial charge >= 0.3 is 0 Å². The molecule has 1 saturated heterocycles. The highest BCUT2D eigenvalue weighted by molar-refractivity contribution is 5.97. The number of nitrogens with one attached hydrogen (secondary N) is 1. The molecule has 4 nitrogen and oxygen atoms in total. The van der Waals surface area contributed by atoms with E-state index < -0.39 is 0 Å². The summed E-state index contributed by atoms with van der Waals surface area (Å²) in [6, 6.07) is 7.45. The van der Waals surface area contributed by atoms with Crippen molar-refractivity contribution in [1.29, 1.82) is 0 Å². The first kappa shape index (κ1) is 16.0. The molecule has 1 aromatic rings. The van der Waals surface area contributed by atoms with Crippen LogP contribution in [0.5, 0.6) is 0 Å². The summed E-state index contributed by atoms with van der Waals surface area (Å²) < 4.78 is 0. The summed E-state index contributed by atoms with van der Waals surface area (Å²) >= 11 is 0. The number of hydrogen-bond donors (Lipinski definition) is 1. The molecule has 2 atom stereocenters. The van der Waals surface area contributed by atoms with Gasteiger partial charge in [-0.05, 0) is 49.1 Å². The van der Waals surface area contributed by atoms with Crippen LogP contribution < -0.4 is 5.32 Å². The average molecular weight is 314 g/mol. The predicted molar refractivity (Wildman–Crippen MR) is 90.2 cm³/mol. The molecule has 1 heterocycles. The highest BCUT2D eigenvalue weighted by Gasteiger charge is 2.43. The third-order valence-electron chi connectivity index (χ3n) is 5.53. The first-order chi connectivity index (χ1) is 11.0. The van der Waals surface area contributed by atoms with Crippen molar-refractivity contribution < 1.29 is 9.59 Å². The third kappa shape index (κ3) is 3.41. The van der Waals surface area contributed by atoms with Gasteiger partial charge in [-0.25, -0.2) is 0 Å². The predicted octanol–water partition coefficient (Wildman–Crippen LogP) is 2.76. The van der Waals surface area contributed by atoms with Gasteiger partial charge in [-0.15, -0.1) is 0 Å². The summed E-state index contributed by atoms with van der Waals surface area (Å²) in [5.74, 6) is 0.661. The van der Waals surface area contributed by atoms with Crippen molar-refractivity contribution in [3.05, 3.63) is 35.4 Å². The molecule has 2 aliphatic rings. The Morgan fingerprint density at radius 3 is 2.78 bits per heavy atom. The lowest BCUT2D eigenvalue weighted by Gasteiger charge is -2.24. The van der Waals surface area contributed by atoms with E-state index in [1.807, 2.05) is 30.0 Å². The second kappa shape index (κ2) is 6.34. The molecular formula is C19H26N2O2. The molecule has 1 aliphatic carbocycles. The maximum absolute atomic E-state index is 12.4. The summed E-state index contributed by atoms with van der Waals surface area (Å²) in [6.45, 7) is 6.02. The number of benzene rings is 1. The van der Waals surface area contributed by atoms with Crippen LogP contribution in [0.4, 0.5) is 0 Å². The largest absolute Gasteiger partial charge is 0.343 e. The van der Waals surface area contributed by atoms with E-state index in [0.717, 1.165) is 31.0 Å². The average Bonchev–Trinajstić information content (AvgIpc) is 3.11. The van der Waals surface area contributed by atoms with Crippen molar-refractivity contribution in [2.24, 2.45) is 11.3 Å². The molecule has 0 bridgehead atoms. The van der Waals surface area contributed by atoms with Gasteiger partial charge in [0.15, 0.2) is 0 Å². The highest BCUT2D eigenvalue weighted by atomic mass is 16.2. The van der Waals surface area contributed by atoms with Crippen molar-refractivity contribution in [3.8, 4) is 0 Å². The van der Waals surface area contributed by atoms with Crippen LogP contribution in [0, 0.1) is 18.3 Å². The lowest BCUT2D eigenvalue weighted by Crippen LogP contribution is -2.40. The van der Waals surface area contributed by atoms with Crippen molar-refractivity contribution >= 4 is 11.8 Å². The summed E-state index contributed by atoms with van der Waals surface area (Å²) in [5.41, 5.74) is 1.93. The first-order valence-electron chi connectivity index (χ1n) is 8.61. The summed E-state index contributed by atoms with van der Waals surface area (Å²) in [7, 11) is 0. The Morgan fingerprint density at radius 2 is 2.09 bits per heavy atom. The first-order valence-corrected chi connectivity index (χ1v) is 8.61. The van der Waals surface area contributed by atoms with Crippen LogP contribution in [0.25, 0.3) is 0 Å². The number of carbonyl (C=O) groups is 2. The molecular weight excluding hydrogens is 288 g/mol. The smallest absolute Gasteiger partial charge is 0.251 e. The van der Waals surface area contributed by atoms with E-state index in [-0.39, 0.29) is 18.4 Å². The minimum atomic E-state index is -0.167. The van der Waals surface area contributed by atoms with E-state index in [4.69, 9.17) is 0 Å². The summed E-state index contributed by atoms with van der Waals surface area (Å²) in [4.78, 5) is 26.5. The maximum Gasteiger partial charge on any atom is 0.251 e. The van der Waals surface area contributed by atoms with Crippen LogP contribution in [0.1, 0.15) is 48.5 Å². The van der Waals surface area contributed by atoms with E-state index in [0.29, 0.717) is 11.0 Å². The molecule has 1 aliphatic heterocycles. The molecule has 0 radical (unpaired) electrons. The minimum absolute atomic E-state index is 0.0448. The zero-order valence-electron chi connectivity index (χ0n) is 14.1. The minimum Gasteiger partial charge on any atom is -0.343 e. The number of likely N-dealkylation sites (tertiary alicyclic amines) is 1. The Hall–Kier alpha value is -1.84. The van der Waals surface area contributed by atoms with Gasteiger partial charge in [-0.1, -0.05) is 31.5 Å². The molecule has 1 spiro atoms. The SMILES string of the molecule is Cc1ccccc1C(=O)NCC(=O)N1CCC2(CCC(C)C2)C1. The molecule has 0 aromatic heterocycles. The van der Waals surface area contributed by atoms with Gasteiger partial charge in [-0.3, -0.25) is 9.59 Å². The highest BCUT2D eigenvalue weighted by Crippen LogP contribution is 2.47. The molecule has 3 rings (SSSR count). The van der Waals surface area contributed by atoms with E-state index in [2.05, 4.69) is 12.2 Å². The maximum atomic E-state index is 12.4. The van der Waals surface area contributed by atoms with Gasteiger partial charge in [0.1, 0.15) is 0 Å². The van der Waals surface area contributed by atoms with Crippen LogP contribution in [0.2, 0.25) is 0 Å². The fraction of sp³-hybridized carbons (Fsp3) is 0.579. The fourth-order valence-corrected chi connectivity index (χ4v) is 4.21. The number of carbonyl (C=O) groups excluding carboxylic acids is 2. The van der Waals surface area contributed by atoms with Gasteiger partial charge in [0.2, 0.25) is 5.91 Å². The molecule has 2 unspecified atom stereocenters. The van der Waals surface area contributed by atoms with Gasteiger partial charge < -0.3 is 10.2 Å². The second-order valence-electron chi connectivity index (χ2n) is 7.41. The molecule has 2 fully saturated rings. The Morgan fingerprint density at radius 1 is 1.30 bits per heavy atom. The Labute approximate surface area is 138 Å². The summed E-state index contributed by atoms with van der Waals surface area (Å²) in [6.07, 6.45) is 4.89. The van der Waals surface area contributed by atoms with Crippen molar-refractivity contribution in [3.63, 3.8) is 0 Å². The topological polar surface area (TPSA) is 49.4 Å². The zero-order valence-corrected chi connectivity index (χ0v) is 14.1. The van der Waals surface area contributed by atoms with Gasteiger partial charge in [-0.2, -0.15) is 0 Å². The number of aryl methyl sites for hydroxylation is 1. The van der Waals surface area contributed by atoms with Crippen molar-refractivity contribution in [2.75, 3.05) is 19.6 Å². The zero-order chi connectivity index (χ0) is 16.4. The Balaban J connectivity index is 1.52. The van der Waals surface area contributed by atoms with E-state index in [9.17, 15) is 9.59 Å². The molecule has 1 N–H and O–H groups in total. The van der Waals surface area contributed by atoms with Crippen LogP contribution in [0.3, 0.4) is 0 Å². The van der Waals surface area contributed by atoms with Gasteiger partial charge in [0.25, 0.3) is 5.91 Å². The third-order valence-corrected chi connectivity index (χ3v) is 5.53. The fourth-order valence-electron chi connectivity index (χ4n) is 4.21. The van der Waals surface area contributed by atoms with Crippen LogP contribution >= 0.6 is 0 Å². The van der Waals surface area contributed by atoms with E-state index in [1.165, 1.54) is 19.3 Å². The van der Waals surface area contributed by atoms with Crippen LogP contribution in [-0.2, 0) is 4.79 Å². The normalized spacial score (nSPS) is 26.7. The van der Waals surface area contributed by atoms with Gasteiger partial charge in [0, 0.05) is 18.7 Å². The van der Waals surface area contributed by atoms with Crippen molar-refractivity contribution in [2.45, 2.75) is 39.5 Å². The lowest BCUT2D eigenvalue weighted by atomic mass is 9.85. The number of rotatable bonds is 3. The molecule has 1 aromatic carbocycles. The number of amides is 2. The molecule has 1 saturated carbocycles. The molecule has 124 valence electrons. The standard InChI is InChI=1S/C19H26N2O2/c1-14-7-8-19(11-14)9-10-21(13-19)17(22)12-20-18(23)16-6-4-3-5-15(16)2/h3-6,14H,7-13H2,1-2H3,(H,20,23). The van der Waals surface area contributed by atoms with Gasteiger partial charge in [0.05, 0.1) is 6.54 Å². The van der Waals surface area contributed by atoms with E-state index in [1.54, 1.807) is 6.07 Å². The molecule has 2 amide bonds. The van der Waals surface area contributed by atoms with Crippen LogP contribution in [0.15, 0.2) is 24.3 Å². The monoisotopic (exact) mass is 314 g/mol. The summed E-state index contributed by atoms with van der Waals surface area (Å²) in [5, 5.41) is 2.77. The van der Waals surface area contributed by atoms with Crippen LogP contribution in [-0.4, -0.2) is 36.3 Å². The Bertz CT molecular complexity index is 613. The second-order valence-corrected chi connectivity index (χ2v) is 7.41. The molecule has 4 heteroatoms. The van der Waals surface area contributed by atoms with E-state index >= 15 is 0 Å². The molecule has 23 heavy (non-hydrogen) atoms. The van der Waals surface area contributed by atoms with Crippen molar-refractivity contribution in [1.82, 2.24) is 10.2 Å². The Kier molecular flexibility index (Phi) is 4.42.